The number of carbonyl (C=O) groups is 1. The molecule has 0 unspecified atom stereocenters. The molecule has 0 saturated carbocycles. The van der Waals surface area contributed by atoms with Crippen LogP contribution in [0.15, 0.2) is 59.5 Å². The highest BCUT2D eigenvalue weighted by atomic mass is 19.1. The molecule has 154 valence electrons. The lowest BCUT2D eigenvalue weighted by molar-refractivity contribution is 0.0705. The maximum atomic E-state index is 13.3. The molecule has 0 aliphatic carbocycles. The number of aromatic nitrogens is 2. The number of benzene rings is 1. The largest absolute Gasteiger partial charge is 0.338 e. The number of likely N-dealkylation sites (tertiary alicyclic amines) is 1. The van der Waals surface area contributed by atoms with E-state index in [9.17, 15) is 14.0 Å². The summed E-state index contributed by atoms with van der Waals surface area (Å²) >= 11 is 0. The lowest BCUT2D eigenvalue weighted by Crippen LogP contribution is -2.39. The fourth-order valence-electron chi connectivity index (χ4n) is 4.02. The van der Waals surface area contributed by atoms with Crippen molar-refractivity contribution >= 4 is 5.91 Å². The summed E-state index contributed by atoms with van der Waals surface area (Å²) in [7, 11) is 1.64. The van der Waals surface area contributed by atoms with Crippen LogP contribution in [0.3, 0.4) is 0 Å². The molecular formula is C24H24FN3O2. The topological polar surface area (TPSA) is 55.2 Å². The third-order valence-electron chi connectivity index (χ3n) is 5.61. The van der Waals surface area contributed by atoms with E-state index in [1.165, 1.54) is 22.8 Å². The van der Waals surface area contributed by atoms with Gasteiger partial charge in [-0.2, -0.15) is 0 Å². The molecule has 6 heteroatoms. The van der Waals surface area contributed by atoms with E-state index >= 15 is 0 Å². The number of pyridine rings is 2. The molecule has 1 aliphatic rings. The van der Waals surface area contributed by atoms with Crippen molar-refractivity contribution in [2.75, 3.05) is 13.1 Å². The molecule has 3 aromatic rings. The Balaban J connectivity index is 1.58. The van der Waals surface area contributed by atoms with Crippen LogP contribution in [-0.4, -0.2) is 33.4 Å². The van der Waals surface area contributed by atoms with E-state index in [0.29, 0.717) is 18.7 Å². The first kappa shape index (κ1) is 20.0. The van der Waals surface area contributed by atoms with Gasteiger partial charge in [0.1, 0.15) is 5.82 Å². The molecule has 1 saturated heterocycles. The Morgan fingerprint density at radius 3 is 2.60 bits per heavy atom. The molecule has 0 spiro atoms. The third kappa shape index (κ3) is 4.17. The predicted molar refractivity (Wildman–Crippen MR) is 114 cm³/mol. The van der Waals surface area contributed by atoms with E-state index in [1.807, 2.05) is 24.0 Å². The summed E-state index contributed by atoms with van der Waals surface area (Å²) in [4.78, 5) is 31.2. The summed E-state index contributed by atoms with van der Waals surface area (Å²) in [6.45, 7) is 3.22. The highest BCUT2D eigenvalue weighted by Crippen LogP contribution is 2.30. The zero-order valence-corrected chi connectivity index (χ0v) is 17.1. The Bertz CT molecular complexity index is 1140. The van der Waals surface area contributed by atoms with Gasteiger partial charge < -0.3 is 9.47 Å². The Morgan fingerprint density at radius 1 is 1.10 bits per heavy atom. The van der Waals surface area contributed by atoms with E-state index in [1.54, 1.807) is 31.4 Å². The van der Waals surface area contributed by atoms with E-state index in [2.05, 4.69) is 0 Å². The van der Waals surface area contributed by atoms with E-state index < -0.39 is 0 Å². The molecule has 1 fully saturated rings. The van der Waals surface area contributed by atoms with Gasteiger partial charge in [0.15, 0.2) is 0 Å². The van der Waals surface area contributed by atoms with Gasteiger partial charge >= 0.3 is 0 Å². The average Bonchev–Trinajstić information content (AvgIpc) is 2.75. The van der Waals surface area contributed by atoms with Gasteiger partial charge in [-0.15, -0.1) is 0 Å². The molecule has 1 aromatic carbocycles. The van der Waals surface area contributed by atoms with Crippen LogP contribution in [0.1, 0.15) is 40.5 Å². The quantitative estimate of drug-likeness (QED) is 0.664. The van der Waals surface area contributed by atoms with Crippen molar-refractivity contribution < 1.29 is 9.18 Å². The molecule has 0 radical (unpaired) electrons. The number of halogens is 1. The third-order valence-corrected chi connectivity index (χ3v) is 5.61. The average molecular weight is 405 g/mol. The zero-order valence-electron chi connectivity index (χ0n) is 17.1. The highest BCUT2D eigenvalue weighted by molar-refractivity contribution is 5.94. The van der Waals surface area contributed by atoms with Crippen molar-refractivity contribution in [1.29, 1.82) is 0 Å². The Kier molecular flexibility index (Phi) is 5.48. The maximum absolute atomic E-state index is 13.3. The van der Waals surface area contributed by atoms with Gasteiger partial charge in [0.2, 0.25) is 5.56 Å². The summed E-state index contributed by atoms with van der Waals surface area (Å²) in [6, 6.07) is 13.5. The SMILES string of the molecule is Cc1cc(-c2ccc(F)cc2)cc([C@H]2CCCN(C(=O)c3ccc(=O)n(C)c3)C2)n1. The van der Waals surface area contributed by atoms with Crippen molar-refractivity contribution in [3.05, 3.63) is 87.9 Å². The van der Waals surface area contributed by atoms with Gasteiger partial charge in [0.05, 0.1) is 5.56 Å². The highest BCUT2D eigenvalue weighted by Gasteiger charge is 2.27. The number of nitrogens with zero attached hydrogens (tertiary/aromatic N) is 3. The van der Waals surface area contributed by atoms with Crippen LogP contribution in [0, 0.1) is 12.7 Å². The molecule has 5 nitrogen and oxygen atoms in total. The Labute approximate surface area is 174 Å². The van der Waals surface area contributed by atoms with Crippen LogP contribution in [0.5, 0.6) is 0 Å². The summed E-state index contributed by atoms with van der Waals surface area (Å²) in [5, 5.41) is 0. The standard InChI is InChI=1S/C24H24FN3O2/c1-16-12-20(17-5-8-21(25)9-6-17)13-22(26-16)18-4-3-11-28(15-18)24(30)19-7-10-23(29)27(2)14-19/h5-10,12-14,18H,3-4,11,15H2,1-2H3/t18-/m0/s1. The van der Waals surface area contributed by atoms with Gasteiger partial charge in [-0.05, 0) is 61.2 Å². The molecule has 3 heterocycles. The van der Waals surface area contributed by atoms with Crippen LogP contribution >= 0.6 is 0 Å². The van der Waals surface area contributed by atoms with Crippen molar-refractivity contribution in [3.8, 4) is 11.1 Å². The number of carbonyl (C=O) groups excluding carboxylic acids is 1. The van der Waals surface area contributed by atoms with Crippen molar-refractivity contribution in [1.82, 2.24) is 14.5 Å². The van der Waals surface area contributed by atoms with Crippen LogP contribution in [-0.2, 0) is 7.05 Å². The van der Waals surface area contributed by atoms with Crippen LogP contribution in [0.25, 0.3) is 11.1 Å². The predicted octanol–water partition coefficient (Wildman–Crippen LogP) is 3.91. The number of hydrogen-bond acceptors (Lipinski definition) is 3. The second kappa shape index (κ2) is 8.22. The maximum Gasteiger partial charge on any atom is 0.255 e. The van der Waals surface area contributed by atoms with Crippen LogP contribution < -0.4 is 5.56 Å². The second-order valence-corrected chi connectivity index (χ2v) is 7.89. The lowest BCUT2D eigenvalue weighted by atomic mass is 9.92. The molecule has 1 amide bonds. The summed E-state index contributed by atoms with van der Waals surface area (Å²) in [6.07, 6.45) is 3.44. The fourth-order valence-corrected chi connectivity index (χ4v) is 4.02. The van der Waals surface area contributed by atoms with Gasteiger partial charge in [0.25, 0.3) is 5.91 Å². The second-order valence-electron chi connectivity index (χ2n) is 7.89. The minimum Gasteiger partial charge on any atom is -0.338 e. The Hall–Kier alpha value is -3.28. The molecular weight excluding hydrogens is 381 g/mol. The lowest BCUT2D eigenvalue weighted by Gasteiger charge is -2.33. The van der Waals surface area contributed by atoms with E-state index in [0.717, 1.165) is 35.4 Å². The number of piperidine rings is 1. The normalized spacial score (nSPS) is 16.5. The molecule has 4 rings (SSSR count). The Morgan fingerprint density at radius 2 is 1.87 bits per heavy atom. The molecule has 0 N–H and O–H groups in total. The number of rotatable bonds is 3. The van der Waals surface area contributed by atoms with Crippen LogP contribution in [0.2, 0.25) is 0 Å². The first-order valence-electron chi connectivity index (χ1n) is 10.1. The number of hydrogen-bond donors (Lipinski definition) is 0. The van der Waals surface area contributed by atoms with Crippen molar-refractivity contribution in [3.63, 3.8) is 0 Å². The first-order valence-corrected chi connectivity index (χ1v) is 10.1. The monoisotopic (exact) mass is 405 g/mol. The molecule has 1 aliphatic heterocycles. The zero-order chi connectivity index (χ0) is 21.3. The summed E-state index contributed by atoms with van der Waals surface area (Å²) in [5.74, 6) is -0.194. The minimum atomic E-state index is -0.260. The van der Waals surface area contributed by atoms with Crippen LogP contribution in [0.4, 0.5) is 4.39 Å². The van der Waals surface area contributed by atoms with Crippen molar-refractivity contribution in [2.45, 2.75) is 25.7 Å². The van der Waals surface area contributed by atoms with Crippen molar-refractivity contribution in [2.24, 2.45) is 7.05 Å². The summed E-state index contributed by atoms with van der Waals surface area (Å²) in [5.41, 5.74) is 4.17. The number of amides is 1. The van der Waals surface area contributed by atoms with Gasteiger partial charge in [-0.3, -0.25) is 14.6 Å². The first-order chi connectivity index (χ1) is 14.4. The fraction of sp³-hybridized carbons (Fsp3) is 0.292. The van der Waals surface area contributed by atoms with Gasteiger partial charge in [-0.1, -0.05) is 12.1 Å². The van der Waals surface area contributed by atoms with Gasteiger partial charge in [0, 0.05) is 49.7 Å². The molecule has 2 aromatic heterocycles. The number of aryl methyl sites for hydroxylation is 2. The summed E-state index contributed by atoms with van der Waals surface area (Å²) < 4.78 is 14.7. The smallest absolute Gasteiger partial charge is 0.255 e. The van der Waals surface area contributed by atoms with E-state index in [-0.39, 0.29) is 23.2 Å². The van der Waals surface area contributed by atoms with E-state index in [4.69, 9.17) is 4.98 Å². The minimum absolute atomic E-state index is 0.0679. The molecule has 30 heavy (non-hydrogen) atoms. The molecule has 1 atom stereocenters. The molecule has 0 bridgehead atoms. The van der Waals surface area contributed by atoms with Gasteiger partial charge in [-0.25, -0.2) is 4.39 Å².